The van der Waals surface area contributed by atoms with Gasteiger partial charge < -0.3 is 15.7 Å². The molecule has 0 bridgehead atoms. The highest BCUT2D eigenvalue weighted by Crippen LogP contribution is 2.28. The summed E-state index contributed by atoms with van der Waals surface area (Å²) in [6.07, 6.45) is 0.862. The molecule has 10 nitrogen and oxygen atoms in total. The normalized spacial score (nSPS) is 10.6. The van der Waals surface area contributed by atoms with Gasteiger partial charge in [0.1, 0.15) is 0 Å². The van der Waals surface area contributed by atoms with E-state index in [1.54, 1.807) is 0 Å². The first-order valence-corrected chi connectivity index (χ1v) is 6.64. The maximum absolute atomic E-state index is 11.3. The number of carbonyl (C=O) groups excluding carboxylic acids is 1. The lowest BCUT2D eigenvalue weighted by Gasteiger charge is -2.06. The number of non-ortho nitro benzene ring substituents is 1. The van der Waals surface area contributed by atoms with Crippen LogP contribution in [-0.4, -0.2) is 45.9 Å². The molecule has 0 saturated heterocycles. The summed E-state index contributed by atoms with van der Waals surface area (Å²) in [6.45, 7) is 0.621. The number of hydrogen-bond acceptors (Lipinski definition) is 8. The molecule has 0 unspecified atom stereocenters. The zero-order valence-corrected chi connectivity index (χ0v) is 11.6. The Morgan fingerprint density at radius 2 is 2.09 bits per heavy atom. The summed E-state index contributed by atoms with van der Waals surface area (Å²) >= 11 is 0. The predicted molar refractivity (Wildman–Crippen MR) is 76.3 cm³/mol. The number of rotatable bonds is 8. The summed E-state index contributed by atoms with van der Waals surface area (Å²) in [5, 5.41) is 32.2. The van der Waals surface area contributed by atoms with E-state index in [2.05, 4.69) is 25.6 Å². The van der Waals surface area contributed by atoms with E-state index in [1.807, 2.05) is 0 Å². The van der Waals surface area contributed by atoms with Crippen molar-refractivity contribution in [3.05, 3.63) is 22.2 Å². The maximum Gasteiger partial charge on any atom is 0.300 e. The number of fused-ring (bicyclic) bond motifs is 1. The zero-order chi connectivity index (χ0) is 15.9. The number of benzene rings is 1. The van der Waals surface area contributed by atoms with Crippen LogP contribution >= 0.6 is 0 Å². The molecule has 0 aliphatic carbocycles. The van der Waals surface area contributed by atoms with E-state index in [0.29, 0.717) is 25.1 Å². The molecule has 1 aromatic carbocycles. The van der Waals surface area contributed by atoms with Crippen LogP contribution in [0.3, 0.4) is 0 Å². The average Bonchev–Trinajstić information content (AvgIpc) is 2.98. The van der Waals surface area contributed by atoms with Crippen molar-refractivity contribution in [2.45, 2.75) is 12.8 Å². The van der Waals surface area contributed by atoms with Crippen molar-refractivity contribution < 1.29 is 19.5 Å². The van der Waals surface area contributed by atoms with Crippen LogP contribution in [0.5, 0.6) is 0 Å². The van der Waals surface area contributed by atoms with Gasteiger partial charge in [0, 0.05) is 25.6 Å². The lowest BCUT2D eigenvalue weighted by atomic mass is 10.2. The monoisotopic (exact) mass is 309 g/mol. The third-order valence-electron chi connectivity index (χ3n) is 2.92. The van der Waals surface area contributed by atoms with Crippen LogP contribution in [0.25, 0.3) is 11.0 Å². The second kappa shape index (κ2) is 7.31. The Morgan fingerprint density at radius 1 is 1.32 bits per heavy atom. The van der Waals surface area contributed by atoms with Crippen molar-refractivity contribution in [3.63, 3.8) is 0 Å². The first-order chi connectivity index (χ1) is 10.6. The number of carbonyl (C=O) groups is 1. The molecule has 2 rings (SSSR count). The van der Waals surface area contributed by atoms with Gasteiger partial charge in [0.25, 0.3) is 0 Å². The van der Waals surface area contributed by atoms with Crippen molar-refractivity contribution >= 4 is 28.3 Å². The van der Waals surface area contributed by atoms with Gasteiger partial charge in [-0.05, 0) is 22.8 Å². The molecular formula is C12H15N5O5. The second-order valence-corrected chi connectivity index (χ2v) is 4.45. The lowest BCUT2D eigenvalue weighted by molar-refractivity contribution is -0.383. The smallest absolute Gasteiger partial charge is 0.300 e. The van der Waals surface area contributed by atoms with Gasteiger partial charge in [-0.15, -0.1) is 0 Å². The second-order valence-electron chi connectivity index (χ2n) is 4.45. The zero-order valence-electron chi connectivity index (χ0n) is 11.6. The van der Waals surface area contributed by atoms with Crippen molar-refractivity contribution in [2.75, 3.05) is 25.0 Å². The highest BCUT2D eigenvalue weighted by molar-refractivity contribution is 5.93. The Hall–Kier alpha value is -2.75. The van der Waals surface area contributed by atoms with E-state index in [0.717, 1.165) is 0 Å². The molecule has 0 spiro atoms. The van der Waals surface area contributed by atoms with Crippen molar-refractivity contribution in [2.24, 2.45) is 0 Å². The number of nitro benzene ring substituents is 1. The molecule has 1 amide bonds. The fraction of sp³-hybridized carbons (Fsp3) is 0.417. The summed E-state index contributed by atoms with van der Waals surface area (Å²) in [5.74, 6) is -0.146. The Labute approximate surface area is 124 Å². The van der Waals surface area contributed by atoms with Gasteiger partial charge in [0.05, 0.1) is 17.2 Å². The Kier molecular flexibility index (Phi) is 5.20. The molecule has 0 saturated carbocycles. The molecular weight excluding hydrogens is 294 g/mol. The minimum atomic E-state index is -0.554. The maximum atomic E-state index is 11.3. The molecule has 0 aliphatic rings. The molecule has 118 valence electrons. The fourth-order valence-electron chi connectivity index (χ4n) is 1.90. The number of amides is 1. The van der Waals surface area contributed by atoms with E-state index in [9.17, 15) is 14.9 Å². The quantitative estimate of drug-likeness (QED) is 0.362. The van der Waals surface area contributed by atoms with E-state index in [4.69, 9.17) is 5.11 Å². The summed E-state index contributed by atoms with van der Waals surface area (Å²) in [4.78, 5) is 21.6. The molecule has 0 atom stereocenters. The molecule has 0 fully saturated rings. The lowest BCUT2D eigenvalue weighted by Crippen LogP contribution is -2.26. The average molecular weight is 309 g/mol. The number of nitrogens with one attached hydrogen (secondary N) is 2. The molecule has 0 aliphatic heterocycles. The van der Waals surface area contributed by atoms with Gasteiger partial charge in [-0.25, -0.2) is 4.63 Å². The minimum absolute atomic E-state index is 0.0793. The molecule has 3 N–H and O–H groups in total. The number of nitrogens with zero attached hydrogens (tertiary/aromatic N) is 3. The van der Waals surface area contributed by atoms with E-state index in [1.165, 1.54) is 12.1 Å². The Bertz CT molecular complexity index is 671. The number of aliphatic hydroxyl groups excluding tert-OH is 1. The van der Waals surface area contributed by atoms with Crippen LogP contribution in [0.4, 0.5) is 11.4 Å². The number of aromatic nitrogens is 2. The summed E-state index contributed by atoms with van der Waals surface area (Å²) in [7, 11) is 0. The number of aliphatic hydroxyl groups is 1. The van der Waals surface area contributed by atoms with Crippen LogP contribution in [-0.2, 0) is 4.79 Å². The minimum Gasteiger partial charge on any atom is -0.395 e. The molecule has 1 heterocycles. The largest absolute Gasteiger partial charge is 0.395 e. The van der Waals surface area contributed by atoms with Crippen LogP contribution < -0.4 is 10.6 Å². The van der Waals surface area contributed by atoms with Crippen LogP contribution in [0.2, 0.25) is 0 Å². The number of hydrogen-bond donors (Lipinski definition) is 3. The van der Waals surface area contributed by atoms with Crippen LogP contribution in [0.1, 0.15) is 12.8 Å². The molecule has 0 radical (unpaired) electrons. The van der Waals surface area contributed by atoms with Crippen LogP contribution in [0.15, 0.2) is 16.8 Å². The SMILES string of the molecule is O=C(CCCNc1ccc([N+](=O)[O-])c2nonc12)NCCO. The fourth-order valence-corrected chi connectivity index (χ4v) is 1.90. The first-order valence-electron chi connectivity index (χ1n) is 6.64. The van der Waals surface area contributed by atoms with Crippen LogP contribution in [0, 0.1) is 10.1 Å². The van der Waals surface area contributed by atoms with Gasteiger partial charge in [0.15, 0.2) is 5.52 Å². The highest BCUT2D eigenvalue weighted by atomic mass is 16.6. The van der Waals surface area contributed by atoms with Gasteiger partial charge >= 0.3 is 5.69 Å². The first kappa shape index (κ1) is 15.6. The predicted octanol–water partition coefficient (Wildman–Crippen LogP) is 0.432. The Morgan fingerprint density at radius 3 is 2.82 bits per heavy atom. The van der Waals surface area contributed by atoms with Gasteiger partial charge in [0.2, 0.25) is 11.4 Å². The van der Waals surface area contributed by atoms with Gasteiger partial charge in [-0.1, -0.05) is 0 Å². The third-order valence-corrected chi connectivity index (χ3v) is 2.92. The Balaban J connectivity index is 1.93. The number of anilines is 1. The third kappa shape index (κ3) is 3.67. The number of nitro groups is 1. The standard InChI is InChI=1S/C12H15N5O5/c18-7-6-14-10(19)2-1-5-13-8-3-4-9(17(20)21)12-11(8)15-22-16-12/h3-4,13,18H,1-2,5-7H2,(H,14,19). The van der Waals surface area contributed by atoms with E-state index in [-0.39, 0.29) is 35.8 Å². The summed E-state index contributed by atoms with van der Waals surface area (Å²) < 4.78 is 4.55. The van der Waals surface area contributed by atoms with Crippen molar-refractivity contribution in [3.8, 4) is 0 Å². The summed E-state index contributed by atoms with van der Waals surface area (Å²) in [6, 6.07) is 2.85. The highest BCUT2D eigenvalue weighted by Gasteiger charge is 2.19. The molecule has 22 heavy (non-hydrogen) atoms. The van der Waals surface area contributed by atoms with E-state index >= 15 is 0 Å². The van der Waals surface area contributed by atoms with Crippen molar-refractivity contribution in [1.82, 2.24) is 15.6 Å². The topological polar surface area (TPSA) is 143 Å². The summed E-state index contributed by atoms with van der Waals surface area (Å²) in [5.41, 5.74) is 0.734. The van der Waals surface area contributed by atoms with Crippen molar-refractivity contribution in [1.29, 1.82) is 0 Å². The molecule has 10 heteroatoms. The van der Waals surface area contributed by atoms with E-state index < -0.39 is 4.92 Å². The molecule has 1 aromatic heterocycles. The van der Waals surface area contributed by atoms with Gasteiger partial charge in [-0.2, -0.15) is 0 Å². The van der Waals surface area contributed by atoms with Gasteiger partial charge in [-0.3, -0.25) is 14.9 Å². The molecule has 2 aromatic rings.